The fourth-order valence-corrected chi connectivity index (χ4v) is 2.25. The van der Waals surface area contributed by atoms with Crippen LogP contribution >= 0.6 is 0 Å². The number of nitrogens with one attached hydrogen (secondary N) is 2. The van der Waals surface area contributed by atoms with Crippen molar-refractivity contribution in [2.24, 2.45) is 10.9 Å². The average Bonchev–Trinajstić information content (AvgIpc) is 2.37. The van der Waals surface area contributed by atoms with Crippen molar-refractivity contribution in [2.45, 2.75) is 13.3 Å². The lowest BCUT2D eigenvalue weighted by atomic mass is 10.2. The Morgan fingerprint density at radius 3 is 2.79 bits per heavy atom. The number of nitrogens with zero attached hydrogens (tertiary/aromatic N) is 1. The molecule has 0 unspecified atom stereocenters. The fraction of sp³-hybridized carbons (Fsp3) is 0.300. The highest BCUT2D eigenvalue weighted by atomic mass is 32.2. The van der Waals surface area contributed by atoms with E-state index in [2.05, 4.69) is 14.6 Å². The highest BCUT2D eigenvalue weighted by molar-refractivity contribution is 7.90. The highest BCUT2D eigenvalue weighted by Gasteiger charge is 2.12. The molecule has 0 spiro atoms. The van der Waals surface area contributed by atoms with E-state index in [0.29, 0.717) is 6.42 Å². The van der Waals surface area contributed by atoms with E-state index in [1.165, 1.54) is 6.07 Å². The van der Waals surface area contributed by atoms with Crippen LogP contribution in [-0.2, 0) is 10.2 Å². The van der Waals surface area contributed by atoms with Gasteiger partial charge in [0.15, 0.2) is 5.84 Å². The van der Waals surface area contributed by atoms with Crippen LogP contribution in [0.2, 0.25) is 0 Å². The Morgan fingerprint density at radius 1 is 1.53 bits per heavy atom. The SMILES string of the molecule is CCCNS(=O)(=O)Nc1ccc(F)c(/C(N)=N/O)c1. The molecule has 0 atom stereocenters. The molecule has 0 radical (unpaired) electrons. The summed E-state index contributed by atoms with van der Waals surface area (Å²) in [6.45, 7) is 2.10. The first kappa shape index (κ1) is 15.2. The first-order valence-corrected chi connectivity index (χ1v) is 6.92. The summed E-state index contributed by atoms with van der Waals surface area (Å²) in [5.74, 6) is -1.17. The van der Waals surface area contributed by atoms with Crippen LogP contribution in [0.25, 0.3) is 0 Å². The third-order valence-corrected chi connectivity index (χ3v) is 3.23. The van der Waals surface area contributed by atoms with Gasteiger partial charge in [-0.15, -0.1) is 0 Å². The molecule has 7 nitrogen and oxygen atoms in total. The molecule has 0 aliphatic heterocycles. The van der Waals surface area contributed by atoms with Crippen LogP contribution in [0.1, 0.15) is 18.9 Å². The standard InChI is InChI=1S/C10H15FN4O3S/c1-2-5-13-19(17,18)15-7-3-4-9(11)8(6-7)10(12)14-16/h3-4,6,13,15-16H,2,5H2,1H3,(H2,12,14). The molecular formula is C10H15FN4O3S. The second kappa shape index (κ2) is 6.34. The maximum atomic E-state index is 13.4. The van der Waals surface area contributed by atoms with Crippen molar-refractivity contribution in [3.8, 4) is 0 Å². The third kappa shape index (κ3) is 4.38. The van der Waals surface area contributed by atoms with Gasteiger partial charge in [-0.3, -0.25) is 4.72 Å². The van der Waals surface area contributed by atoms with Gasteiger partial charge in [-0.2, -0.15) is 13.1 Å². The van der Waals surface area contributed by atoms with Gasteiger partial charge in [0.2, 0.25) is 0 Å². The van der Waals surface area contributed by atoms with Gasteiger partial charge in [0, 0.05) is 6.54 Å². The molecule has 1 aromatic carbocycles. The lowest BCUT2D eigenvalue weighted by molar-refractivity contribution is 0.318. The summed E-state index contributed by atoms with van der Waals surface area (Å²) in [5.41, 5.74) is 5.18. The Bertz CT molecular complexity index is 574. The van der Waals surface area contributed by atoms with Crippen LogP contribution in [0.5, 0.6) is 0 Å². The zero-order valence-corrected chi connectivity index (χ0v) is 11.0. The molecule has 9 heteroatoms. The molecule has 0 saturated carbocycles. The summed E-state index contributed by atoms with van der Waals surface area (Å²) >= 11 is 0. The Kier molecular flexibility index (Phi) is 5.07. The molecule has 0 saturated heterocycles. The van der Waals surface area contributed by atoms with Crippen molar-refractivity contribution >= 4 is 21.7 Å². The van der Waals surface area contributed by atoms with Crippen LogP contribution < -0.4 is 15.2 Å². The lowest BCUT2D eigenvalue weighted by Crippen LogP contribution is -2.30. The van der Waals surface area contributed by atoms with Gasteiger partial charge in [0.25, 0.3) is 10.2 Å². The van der Waals surface area contributed by atoms with E-state index in [1.54, 1.807) is 0 Å². The number of nitrogens with two attached hydrogens (primary N) is 1. The normalized spacial score (nSPS) is 12.4. The van der Waals surface area contributed by atoms with Crippen LogP contribution in [-0.4, -0.2) is 26.0 Å². The van der Waals surface area contributed by atoms with E-state index >= 15 is 0 Å². The smallest absolute Gasteiger partial charge is 0.299 e. The lowest BCUT2D eigenvalue weighted by Gasteiger charge is -2.10. The van der Waals surface area contributed by atoms with E-state index in [1.807, 2.05) is 6.92 Å². The molecule has 1 aromatic rings. The summed E-state index contributed by atoms with van der Waals surface area (Å²) in [4.78, 5) is 0. The number of amidine groups is 1. The number of anilines is 1. The van der Waals surface area contributed by atoms with Gasteiger partial charge in [0.1, 0.15) is 5.82 Å². The van der Waals surface area contributed by atoms with Crippen molar-refractivity contribution in [3.05, 3.63) is 29.6 Å². The number of hydrogen-bond donors (Lipinski definition) is 4. The van der Waals surface area contributed by atoms with Gasteiger partial charge >= 0.3 is 0 Å². The Balaban J connectivity index is 2.98. The Labute approximate surface area is 110 Å². The first-order valence-electron chi connectivity index (χ1n) is 5.44. The molecule has 0 aromatic heterocycles. The molecule has 0 aliphatic rings. The minimum absolute atomic E-state index is 0.103. The van der Waals surface area contributed by atoms with Gasteiger partial charge in [0.05, 0.1) is 11.3 Å². The van der Waals surface area contributed by atoms with Gasteiger partial charge in [-0.25, -0.2) is 4.39 Å². The summed E-state index contributed by atoms with van der Waals surface area (Å²) in [7, 11) is -3.72. The van der Waals surface area contributed by atoms with Gasteiger partial charge in [-0.05, 0) is 24.6 Å². The molecule has 5 N–H and O–H groups in total. The molecule has 1 rings (SSSR count). The molecule has 19 heavy (non-hydrogen) atoms. The zero-order chi connectivity index (χ0) is 14.5. The summed E-state index contributed by atoms with van der Waals surface area (Å²) < 4.78 is 41.0. The minimum atomic E-state index is -3.72. The van der Waals surface area contributed by atoms with Crippen LogP contribution in [0.15, 0.2) is 23.4 Å². The maximum Gasteiger partial charge on any atom is 0.299 e. The second-order valence-corrected chi connectivity index (χ2v) is 5.18. The topological polar surface area (TPSA) is 117 Å². The summed E-state index contributed by atoms with van der Waals surface area (Å²) in [5, 5.41) is 11.2. The van der Waals surface area contributed by atoms with Crippen LogP contribution in [0, 0.1) is 5.82 Å². The van der Waals surface area contributed by atoms with E-state index in [-0.39, 0.29) is 17.8 Å². The summed E-state index contributed by atoms with van der Waals surface area (Å²) in [6, 6.07) is 3.38. The predicted octanol–water partition coefficient (Wildman–Crippen LogP) is 0.576. The van der Waals surface area contributed by atoms with Gasteiger partial charge < -0.3 is 10.9 Å². The molecule has 0 amide bonds. The van der Waals surface area contributed by atoms with E-state index in [0.717, 1.165) is 12.1 Å². The number of halogens is 1. The highest BCUT2D eigenvalue weighted by Crippen LogP contribution is 2.15. The van der Waals surface area contributed by atoms with E-state index in [4.69, 9.17) is 10.9 Å². The van der Waals surface area contributed by atoms with Crippen molar-refractivity contribution in [1.82, 2.24) is 4.72 Å². The zero-order valence-electron chi connectivity index (χ0n) is 10.2. The molecular weight excluding hydrogens is 275 g/mol. The Hall–Kier alpha value is -1.87. The van der Waals surface area contributed by atoms with Gasteiger partial charge in [-0.1, -0.05) is 12.1 Å². The van der Waals surface area contributed by atoms with E-state index in [9.17, 15) is 12.8 Å². The monoisotopic (exact) mass is 290 g/mol. The minimum Gasteiger partial charge on any atom is -0.409 e. The third-order valence-electron chi connectivity index (χ3n) is 2.14. The van der Waals surface area contributed by atoms with Crippen LogP contribution in [0.4, 0.5) is 10.1 Å². The van der Waals surface area contributed by atoms with Crippen molar-refractivity contribution in [1.29, 1.82) is 0 Å². The molecule has 0 fully saturated rings. The Morgan fingerprint density at radius 2 is 2.21 bits per heavy atom. The number of hydrogen-bond acceptors (Lipinski definition) is 4. The number of rotatable bonds is 6. The molecule has 0 bridgehead atoms. The maximum absolute atomic E-state index is 13.4. The molecule has 106 valence electrons. The molecule has 0 heterocycles. The fourth-order valence-electron chi connectivity index (χ4n) is 1.27. The van der Waals surface area contributed by atoms with Crippen molar-refractivity contribution in [2.75, 3.05) is 11.3 Å². The predicted molar refractivity (Wildman–Crippen MR) is 69.7 cm³/mol. The quantitative estimate of drug-likeness (QED) is 0.265. The van der Waals surface area contributed by atoms with E-state index < -0.39 is 21.9 Å². The average molecular weight is 290 g/mol. The number of oxime groups is 1. The second-order valence-electron chi connectivity index (χ2n) is 3.68. The molecule has 0 aliphatic carbocycles. The first-order chi connectivity index (χ1) is 8.89. The van der Waals surface area contributed by atoms with Crippen molar-refractivity contribution in [3.63, 3.8) is 0 Å². The van der Waals surface area contributed by atoms with Crippen molar-refractivity contribution < 1.29 is 18.0 Å². The largest absolute Gasteiger partial charge is 0.409 e. The number of benzene rings is 1. The summed E-state index contributed by atoms with van der Waals surface area (Å²) in [6.07, 6.45) is 0.639. The van der Waals surface area contributed by atoms with Crippen LogP contribution in [0.3, 0.4) is 0 Å².